The van der Waals surface area contributed by atoms with E-state index in [-0.39, 0.29) is 28.3 Å². The summed E-state index contributed by atoms with van der Waals surface area (Å²) in [5, 5.41) is 0. The third kappa shape index (κ3) is 4.52. The summed E-state index contributed by atoms with van der Waals surface area (Å²) in [7, 11) is -6.82. The van der Waals surface area contributed by atoms with Gasteiger partial charge in [-0.2, -0.15) is 0 Å². The van der Waals surface area contributed by atoms with E-state index in [1.165, 1.54) is 11.0 Å². The van der Waals surface area contributed by atoms with Gasteiger partial charge in [0.15, 0.2) is 9.84 Å². The van der Waals surface area contributed by atoms with Crippen LogP contribution < -0.4 is 4.72 Å². The Labute approximate surface area is 140 Å². The highest BCUT2D eigenvalue weighted by atomic mass is 32.2. The van der Waals surface area contributed by atoms with Crippen molar-refractivity contribution in [3.05, 3.63) is 17.0 Å². The molecule has 130 valence electrons. The smallest absolute Gasteiger partial charge is 0.250 e. The number of likely N-dealkylation sites (N-methyl/N-ethyl adjacent to an activating group) is 1. The summed E-state index contributed by atoms with van der Waals surface area (Å²) >= 11 is 1.13. The lowest BCUT2D eigenvalue weighted by atomic mass is 10.2. The standard InChI is InChI=1S/C13H20N2O5S3/c1-3-15(11-6-7-22(17,18)9-11)12(16)8-14-23(19,20)13-5-4-10(2)21-13/h4-5,11,14H,3,6-9H2,1-2H3. The van der Waals surface area contributed by atoms with Crippen LogP contribution in [0.25, 0.3) is 0 Å². The first kappa shape index (κ1) is 18.4. The molecule has 0 aliphatic carbocycles. The van der Waals surface area contributed by atoms with Crippen LogP contribution in [0.2, 0.25) is 0 Å². The van der Waals surface area contributed by atoms with Crippen molar-refractivity contribution in [3.63, 3.8) is 0 Å². The topological polar surface area (TPSA) is 101 Å². The van der Waals surface area contributed by atoms with E-state index in [9.17, 15) is 21.6 Å². The molecule has 1 amide bonds. The number of amides is 1. The van der Waals surface area contributed by atoms with Crippen molar-refractivity contribution in [1.82, 2.24) is 9.62 Å². The molecule has 0 aromatic carbocycles. The Morgan fingerprint density at radius 2 is 2.13 bits per heavy atom. The average molecular weight is 381 g/mol. The minimum atomic E-state index is -3.72. The molecule has 2 rings (SSSR count). The number of nitrogens with one attached hydrogen (secondary N) is 1. The summed E-state index contributed by atoms with van der Waals surface area (Å²) < 4.78 is 49.8. The van der Waals surface area contributed by atoms with Gasteiger partial charge in [-0.1, -0.05) is 0 Å². The van der Waals surface area contributed by atoms with E-state index in [1.807, 2.05) is 0 Å². The zero-order chi connectivity index (χ0) is 17.3. The van der Waals surface area contributed by atoms with Gasteiger partial charge in [-0.15, -0.1) is 11.3 Å². The third-order valence-corrected chi connectivity index (χ3v) is 8.35. The maximum Gasteiger partial charge on any atom is 0.250 e. The molecule has 1 saturated heterocycles. The quantitative estimate of drug-likeness (QED) is 0.768. The van der Waals surface area contributed by atoms with E-state index >= 15 is 0 Å². The van der Waals surface area contributed by atoms with E-state index in [4.69, 9.17) is 0 Å². The number of carbonyl (C=O) groups is 1. The molecule has 10 heteroatoms. The van der Waals surface area contributed by atoms with E-state index in [0.29, 0.717) is 13.0 Å². The van der Waals surface area contributed by atoms with Crippen molar-refractivity contribution in [2.45, 2.75) is 30.5 Å². The van der Waals surface area contributed by atoms with E-state index < -0.39 is 25.8 Å². The van der Waals surface area contributed by atoms with Gasteiger partial charge >= 0.3 is 0 Å². The summed E-state index contributed by atoms with van der Waals surface area (Å²) in [6, 6.07) is 2.82. The molecule has 1 atom stereocenters. The lowest BCUT2D eigenvalue weighted by molar-refractivity contribution is -0.131. The number of rotatable bonds is 6. The van der Waals surface area contributed by atoms with Crippen molar-refractivity contribution in [2.75, 3.05) is 24.6 Å². The van der Waals surface area contributed by atoms with E-state index in [1.54, 1.807) is 19.9 Å². The maximum atomic E-state index is 12.3. The highest BCUT2D eigenvalue weighted by Gasteiger charge is 2.34. The summed E-state index contributed by atoms with van der Waals surface area (Å²) in [6.45, 7) is 3.52. The molecule has 23 heavy (non-hydrogen) atoms. The molecule has 1 aromatic rings. The highest BCUT2D eigenvalue weighted by Crippen LogP contribution is 2.21. The zero-order valence-electron chi connectivity index (χ0n) is 13.0. The van der Waals surface area contributed by atoms with Gasteiger partial charge in [0.25, 0.3) is 10.0 Å². The van der Waals surface area contributed by atoms with E-state index in [2.05, 4.69) is 4.72 Å². The van der Waals surface area contributed by atoms with E-state index in [0.717, 1.165) is 16.2 Å². The number of sulfone groups is 1. The molecule has 2 heterocycles. The number of hydrogen-bond donors (Lipinski definition) is 1. The second-order valence-corrected chi connectivity index (χ2v) is 10.9. The van der Waals surface area contributed by atoms with Gasteiger partial charge in [0.05, 0.1) is 18.1 Å². The first-order valence-electron chi connectivity index (χ1n) is 7.20. The fraction of sp³-hybridized carbons (Fsp3) is 0.615. The molecule has 0 radical (unpaired) electrons. The van der Waals surface area contributed by atoms with Crippen LogP contribution in [0.5, 0.6) is 0 Å². The normalized spacial score (nSPS) is 20.5. The Balaban J connectivity index is 2.00. The molecule has 0 bridgehead atoms. The summed E-state index contributed by atoms with van der Waals surface area (Å²) in [5.74, 6) is -0.392. The lowest BCUT2D eigenvalue weighted by Gasteiger charge is -2.26. The fourth-order valence-electron chi connectivity index (χ4n) is 2.55. The first-order chi connectivity index (χ1) is 10.6. The Bertz CT molecular complexity index is 782. The molecule has 1 aliphatic rings. The van der Waals surface area contributed by atoms with Gasteiger partial charge in [-0.05, 0) is 32.4 Å². The summed E-state index contributed by atoms with van der Waals surface area (Å²) in [5.41, 5.74) is 0. The Kier molecular flexibility index (Phi) is 5.49. The molecule has 7 nitrogen and oxygen atoms in total. The molecule has 0 spiro atoms. The Hall–Kier alpha value is -0.970. The number of nitrogens with zero attached hydrogens (tertiary/aromatic N) is 1. The number of aryl methyl sites for hydroxylation is 1. The predicted molar refractivity (Wildman–Crippen MR) is 88.7 cm³/mol. The molecular weight excluding hydrogens is 360 g/mol. The average Bonchev–Trinajstić information content (AvgIpc) is 3.04. The van der Waals surface area contributed by atoms with Gasteiger partial charge in [0, 0.05) is 17.5 Å². The highest BCUT2D eigenvalue weighted by molar-refractivity contribution is 7.92. The van der Waals surface area contributed by atoms with Crippen molar-refractivity contribution >= 4 is 37.1 Å². The van der Waals surface area contributed by atoms with Crippen molar-refractivity contribution < 1.29 is 21.6 Å². The maximum absolute atomic E-state index is 12.3. The number of sulfonamides is 1. The van der Waals surface area contributed by atoms with Gasteiger partial charge in [-0.3, -0.25) is 4.79 Å². The molecule has 1 aliphatic heterocycles. The summed E-state index contributed by atoms with van der Waals surface area (Å²) in [4.78, 5) is 14.6. The minimum Gasteiger partial charge on any atom is -0.338 e. The van der Waals surface area contributed by atoms with Crippen LogP contribution in [0, 0.1) is 6.92 Å². The van der Waals surface area contributed by atoms with Crippen LogP contribution in [-0.4, -0.2) is 58.3 Å². The second-order valence-electron chi connectivity index (χ2n) is 5.43. The number of hydrogen-bond acceptors (Lipinski definition) is 6. The van der Waals surface area contributed by atoms with Crippen LogP contribution >= 0.6 is 11.3 Å². The monoisotopic (exact) mass is 380 g/mol. The van der Waals surface area contributed by atoms with Crippen molar-refractivity contribution in [1.29, 1.82) is 0 Å². The second kappa shape index (κ2) is 6.88. The van der Waals surface area contributed by atoms with Gasteiger partial charge in [0.2, 0.25) is 5.91 Å². The SMILES string of the molecule is CCN(C(=O)CNS(=O)(=O)c1ccc(C)s1)C1CCS(=O)(=O)C1. The van der Waals surface area contributed by atoms with Gasteiger partial charge in [-0.25, -0.2) is 21.6 Å². The Morgan fingerprint density at radius 1 is 1.43 bits per heavy atom. The summed E-state index contributed by atoms with van der Waals surface area (Å²) in [6.07, 6.45) is 0.402. The first-order valence-corrected chi connectivity index (χ1v) is 11.3. The molecule has 1 unspecified atom stereocenters. The van der Waals surface area contributed by atoms with Crippen LogP contribution in [0.15, 0.2) is 16.3 Å². The van der Waals surface area contributed by atoms with Gasteiger partial charge in [0.1, 0.15) is 4.21 Å². The molecule has 1 aromatic heterocycles. The third-order valence-electron chi connectivity index (χ3n) is 3.70. The molecule has 1 fully saturated rings. The van der Waals surface area contributed by atoms with Crippen LogP contribution in [0.4, 0.5) is 0 Å². The van der Waals surface area contributed by atoms with Crippen LogP contribution in [0.1, 0.15) is 18.2 Å². The van der Waals surface area contributed by atoms with Crippen LogP contribution in [0.3, 0.4) is 0 Å². The molecule has 0 saturated carbocycles. The minimum absolute atomic E-state index is 0.0521. The number of carbonyl (C=O) groups excluding carboxylic acids is 1. The van der Waals surface area contributed by atoms with Gasteiger partial charge < -0.3 is 4.90 Å². The predicted octanol–water partition coefficient (Wildman–Crippen LogP) is 0.370. The molecule has 1 N–H and O–H groups in total. The van der Waals surface area contributed by atoms with Crippen LogP contribution in [-0.2, 0) is 24.7 Å². The molecular formula is C13H20N2O5S3. The Morgan fingerprint density at radius 3 is 2.61 bits per heavy atom. The fourth-order valence-corrected chi connectivity index (χ4v) is 6.58. The number of thiophene rings is 1. The van der Waals surface area contributed by atoms with Crippen molar-refractivity contribution in [2.24, 2.45) is 0 Å². The largest absolute Gasteiger partial charge is 0.338 e. The lowest BCUT2D eigenvalue weighted by Crippen LogP contribution is -2.46. The zero-order valence-corrected chi connectivity index (χ0v) is 15.4. The van der Waals surface area contributed by atoms with Crippen molar-refractivity contribution in [3.8, 4) is 0 Å².